The van der Waals surface area contributed by atoms with Gasteiger partial charge in [-0.3, -0.25) is 13.9 Å². The van der Waals surface area contributed by atoms with Gasteiger partial charge in [-0.25, -0.2) is 4.79 Å². The maximum Gasteiger partial charge on any atom is 0.332 e. The van der Waals surface area contributed by atoms with E-state index in [0.717, 1.165) is 17.8 Å². The van der Waals surface area contributed by atoms with Gasteiger partial charge in [-0.15, -0.1) is 0 Å². The van der Waals surface area contributed by atoms with Crippen molar-refractivity contribution in [3.8, 4) is 0 Å². The van der Waals surface area contributed by atoms with Gasteiger partial charge in [0.25, 0.3) is 5.56 Å². The van der Waals surface area contributed by atoms with Gasteiger partial charge in [-0.05, 0) is 48.6 Å². The third kappa shape index (κ3) is 3.77. The smallest absolute Gasteiger partial charge is 0.312 e. The zero-order chi connectivity index (χ0) is 24.0. The zero-order valence-corrected chi connectivity index (χ0v) is 20.0. The molecule has 3 heterocycles. The molecule has 0 saturated carbocycles. The second-order valence-corrected chi connectivity index (χ2v) is 9.33. The van der Waals surface area contributed by atoms with E-state index >= 15 is 0 Å². The van der Waals surface area contributed by atoms with E-state index in [1.54, 1.807) is 7.05 Å². The Bertz CT molecular complexity index is 1500. The van der Waals surface area contributed by atoms with Crippen molar-refractivity contribution >= 4 is 28.9 Å². The van der Waals surface area contributed by atoms with E-state index in [-0.39, 0.29) is 17.8 Å². The van der Waals surface area contributed by atoms with Crippen molar-refractivity contribution in [2.75, 3.05) is 11.4 Å². The maximum absolute atomic E-state index is 13.6. The second kappa shape index (κ2) is 8.48. The fourth-order valence-electron chi connectivity index (χ4n) is 4.85. The number of imidazole rings is 1. The zero-order valence-electron chi connectivity index (χ0n) is 20.0. The summed E-state index contributed by atoms with van der Waals surface area (Å²) in [6, 6.07) is 16.3. The van der Waals surface area contributed by atoms with Crippen molar-refractivity contribution in [3.05, 3.63) is 92.1 Å². The molecule has 0 radical (unpaired) electrons. The van der Waals surface area contributed by atoms with Gasteiger partial charge < -0.3 is 9.47 Å². The van der Waals surface area contributed by atoms with E-state index < -0.39 is 0 Å². The molecule has 1 aliphatic rings. The topological polar surface area (TPSA) is 65.1 Å². The van der Waals surface area contributed by atoms with Crippen LogP contribution in [0, 0.1) is 19.8 Å². The van der Waals surface area contributed by atoms with Crippen LogP contribution in [-0.2, 0) is 20.1 Å². The molecular formula is C27H29N5O2. The van der Waals surface area contributed by atoms with Gasteiger partial charge in [0.05, 0.1) is 0 Å². The number of nitrogens with zero attached hydrogens (tertiary/aromatic N) is 5. The number of rotatable bonds is 4. The summed E-state index contributed by atoms with van der Waals surface area (Å²) >= 11 is 0. The minimum absolute atomic E-state index is 0.202. The lowest BCUT2D eigenvalue weighted by atomic mass is 10.1. The standard InChI is InChI=1S/C27H29N5O2/c1-18-13-19(2)15-22(14-18)31-16-20(3)17-32-23-24(28-26(31)32)29(4)27(34)30(25(23)33)12-8-11-21-9-6-5-7-10-21/h5-11,13-15,20H,12,16-17H2,1-4H3/b11-8+/t20-/m0/s1. The average molecular weight is 456 g/mol. The molecule has 2 aromatic heterocycles. The number of hydrogen-bond acceptors (Lipinski definition) is 4. The molecule has 34 heavy (non-hydrogen) atoms. The van der Waals surface area contributed by atoms with Gasteiger partial charge in [-0.1, -0.05) is 55.5 Å². The van der Waals surface area contributed by atoms with Gasteiger partial charge in [0, 0.05) is 32.4 Å². The SMILES string of the molecule is Cc1cc(C)cc(N2C[C@H](C)Cn3c2nc2c3c(=O)n(C/C=C/c3ccccc3)c(=O)n2C)c1. The molecule has 5 rings (SSSR count). The van der Waals surface area contributed by atoms with E-state index in [2.05, 4.69) is 43.9 Å². The first kappa shape index (κ1) is 21.9. The lowest BCUT2D eigenvalue weighted by Gasteiger charge is -2.33. The number of hydrogen-bond donors (Lipinski definition) is 0. The van der Waals surface area contributed by atoms with Crippen molar-refractivity contribution in [2.45, 2.75) is 33.9 Å². The molecule has 0 fully saturated rings. The van der Waals surface area contributed by atoms with Gasteiger partial charge in [0.1, 0.15) is 0 Å². The first-order chi connectivity index (χ1) is 16.3. The molecule has 1 atom stereocenters. The maximum atomic E-state index is 13.6. The van der Waals surface area contributed by atoms with Crippen molar-refractivity contribution in [1.29, 1.82) is 0 Å². The summed E-state index contributed by atoms with van der Waals surface area (Å²) in [5.74, 6) is 1.02. The second-order valence-electron chi connectivity index (χ2n) is 9.33. The number of aromatic nitrogens is 4. The molecule has 7 heteroatoms. The summed E-state index contributed by atoms with van der Waals surface area (Å²) in [4.78, 5) is 33.6. The normalized spacial score (nSPS) is 15.9. The number of anilines is 2. The van der Waals surface area contributed by atoms with Crippen LogP contribution in [0.2, 0.25) is 0 Å². The van der Waals surface area contributed by atoms with E-state index in [0.29, 0.717) is 29.6 Å². The van der Waals surface area contributed by atoms with E-state index in [4.69, 9.17) is 4.98 Å². The monoisotopic (exact) mass is 455 g/mol. The Morgan fingerprint density at radius 3 is 2.44 bits per heavy atom. The molecule has 0 aliphatic carbocycles. The van der Waals surface area contributed by atoms with Crippen LogP contribution in [0.5, 0.6) is 0 Å². The summed E-state index contributed by atoms with van der Waals surface area (Å²) < 4.78 is 4.76. The number of benzene rings is 2. The van der Waals surface area contributed by atoms with Crippen LogP contribution in [0.1, 0.15) is 23.6 Å². The van der Waals surface area contributed by atoms with E-state index in [9.17, 15) is 9.59 Å². The van der Waals surface area contributed by atoms with Crippen molar-refractivity contribution < 1.29 is 0 Å². The molecule has 0 N–H and O–H groups in total. The summed E-state index contributed by atoms with van der Waals surface area (Å²) in [6.45, 7) is 8.02. The summed E-state index contributed by atoms with van der Waals surface area (Å²) in [6.07, 6.45) is 3.77. The van der Waals surface area contributed by atoms with Crippen LogP contribution < -0.4 is 16.1 Å². The minimum atomic E-state index is -0.364. The minimum Gasteiger partial charge on any atom is -0.312 e. The lowest BCUT2D eigenvalue weighted by molar-refractivity contribution is 0.458. The van der Waals surface area contributed by atoms with Crippen molar-refractivity contribution in [2.24, 2.45) is 13.0 Å². The first-order valence-electron chi connectivity index (χ1n) is 11.6. The Balaban J connectivity index is 1.64. The quantitative estimate of drug-likeness (QED) is 0.466. The summed E-state index contributed by atoms with van der Waals surface area (Å²) in [5.41, 5.74) is 4.67. The van der Waals surface area contributed by atoms with Gasteiger partial charge in [0.2, 0.25) is 5.95 Å². The van der Waals surface area contributed by atoms with Crippen LogP contribution in [0.15, 0.2) is 64.2 Å². The highest BCUT2D eigenvalue weighted by molar-refractivity contribution is 5.77. The molecule has 0 bridgehead atoms. The van der Waals surface area contributed by atoms with Crippen LogP contribution >= 0.6 is 0 Å². The predicted molar refractivity (Wildman–Crippen MR) is 137 cm³/mol. The largest absolute Gasteiger partial charge is 0.332 e. The highest BCUT2D eigenvalue weighted by Gasteiger charge is 2.29. The molecule has 4 aromatic rings. The Morgan fingerprint density at radius 1 is 1.03 bits per heavy atom. The Labute approximate surface area is 198 Å². The Kier molecular flexibility index (Phi) is 5.48. The van der Waals surface area contributed by atoms with Crippen molar-refractivity contribution in [1.82, 2.24) is 18.7 Å². The fourth-order valence-corrected chi connectivity index (χ4v) is 4.85. The number of allylic oxidation sites excluding steroid dienone is 1. The molecule has 0 amide bonds. The van der Waals surface area contributed by atoms with E-state index in [1.807, 2.05) is 47.1 Å². The van der Waals surface area contributed by atoms with Crippen LogP contribution in [0.25, 0.3) is 17.2 Å². The van der Waals surface area contributed by atoms with Crippen molar-refractivity contribution in [3.63, 3.8) is 0 Å². The highest BCUT2D eigenvalue weighted by atomic mass is 16.2. The Morgan fingerprint density at radius 2 is 1.74 bits per heavy atom. The molecule has 2 aromatic carbocycles. The molecule has 0 spiro atoms. The molecule has 1 aliphatic heterocycles. The predicted octanol–water partition coefficient (Wildman–Crippen LogP) is 4.01. The fraction of sp³-hybridized carbons (Fsp3) is 0.296. The molecule has 0 saturated heterocycles. The van der Waals surface area contributed by atoms with Gasteiger partial charge in [-0.2, -0.15) is 4.98 Å². The van der Waals surface area contributed by atoms with Crippen LogP contribution in [-0.4, -0.2) is 25.2 Å². The van der Waals surface area contributed by atoms with Crippen LogP contribution in [0.4, 0.5) is 11.6 Å². The first-order valence-corrected chi connectivity index (χ1v) is 11.6. The van der Waals surface area contributed by atoms with Gasteiger partial charge in [0.15, 0.2) is 11.2 Å². The molecule has 0 unspecified atom stereocenters. The molecular weight excluding hydrogens is 426 g/mol. The third-order valence-corrected chi connectivity index (χ3v) is 6.36. The van der Waals surface area contributed by atoms with Crippen LogP contribution in [0.3, 0.4) is 0 Å². The highest BCUT2D eigenvalue weighted by Crippen LogP contribution is 2.33. The Hall–Kier alpha value is -3.87. The number of fused-ring (bicyclic) bond motifs is 3. The number of aryl methyl sites for hydroxylation is 3. The lowest BCUT2D eigenvalue weighted by Crippen LogP contribution is -2.40. The third-order valence-electron chi connectivity index (χ3n) is 6.36. The van der Waals surface area contributed by atoms with Gasteiger partial charge >= 0.3 is 5.69 Å². The molecule has 7 nitrogen and oxygen atoms in total. The average Bonchev–Trinajstić information content (AvgIpc) is 3.19. The van der Waals surface area contributed by atoms with E-state index in [1.165, 1.54) is 20.3 Å². The molecule has 174 valence electrons. The summed E-state index contributed by atoms with van der Waals surface area (Å²) in [5, 5.41) is 0. The summed E-state index contributed by atoms with van der Waals surface area (Å²) in [7, 11) is 1.69.